The number of aliphatic hydroxyl groups is 1. The summed E-state index contributed by atoms with van der Waals surface area (Å²) in [5, 5.41) is 30.5. The van der Waals surface area contributed by atoms with Gasteiger partial charge in [0.2, 0.25) is 5.91 Å². The van der Waals surface area contributed by atoms with Crippen molar-refractivity contribution in [3.05, 3.63) is 112 Å². The van der Waals surface area contributed by atoms with Crippen LogP contribution in [0.1, 0.15) is 94.2 Å². The number of carbonyl (C=O) groups excluding carboxylic acids is 2. The first-order valence-corrected chi connectivity index (χ1v) is 29.0. The summed E-state index contributed by atoms with van der Waals surface area (Å²) in [4.78, 5) is 37.6. The smallest absolute Gasteiger partial charge is 0.319 e. The lowest BCUT2D eigenvalue weighted by atomic mass is 9.93. The van der Waals surface area contributed by atoms with E-state index in [0.717, 1.165) is 67.4 Å². The second-order valence-electron chi connectivity index (χ2n) is 20.8. The lowest BCUT2D eigenvalue weighted by Gasteiger charge is -2.35. The Bertz CT molecular complexity index is 3340. The highest BCUT2D eigenvalue weighted by Gasteiger charge is 2.49. The number of nitrogens with zero attached hydrogens (tertiary/aromatic N) is 7. The van der Waals surface area contributed by atoms with E-state index in [0.29, 0.717) is 113 Å². The third kappa shape index (κ3) is 13.7. The predicted octanol–water partition coefficient (Wildman–Crippen LogP) is 8.50. The van der Waals surface area contributed by atoms with E-state index in [2.05, 4.69) is 78.9 Å². The zero-order chi connectivity index (χ0) is 59.3. The van der Waals surface area contributed by atoms with Gasteiger partial charge in [-0.15, -0.1) is 0 Å². The number of piperazine rings is 1. The molecule has 12 rings (SSSR count). The molecule has 83 heavy (non-hydrogen) atoms. The molecule has 4 atom stereocenters. The van der Waals surface area contributed by atoms with Crippen LogP contribution < -0.4 is 41.3 Å². The summed E-state index contributed by atoms with van der Waals surface area (Å²) in [6, 6.07) is 17.8. The molecule has 8 heterocycles. The quantitative estimate of drug-likeness (QED) is 0.0306. The maximum absolute atomic E-state index is 15.7. The van der Waals surface area contributed by atoms with Crippen LogP contribution in [0.5, 0.6) is 17.5 Å². The van der Waals surface area contributed by atoms with Crippen molar-refractivity contribution >= 4 is 57.1 Å². The van der Waals surface area contributed by atoms with Gasteiger partial charge in [-0.25, -0.2) is 10.2 Å². The van der Waals surface area contributed by atoms with Crippen LogP contribution in [0.3, 0.4) is 0 Å². The van der Waals surface area contributed by atoms with Gasteiger partial charge in [-0.2, -0.15) is 20.2 Å². The number of hydrogen-bond donors (Lipinski definition) is 7. The molecule has 9 N–H and O–H groups in total. The van der Waals surface area contributed by atoms with Crippen molar-refractivity contribution in [2.45, 2.75) is 123 Å². The van der Waals surface area contributed by atoms with E-state index in [1.54, 1.807) is 13.1 Å². The summed E-state index contributed by atoms with van der Waals surface area (Å²) >= 11 is 7.49. The minimum atomic E-state index is -0.434. The molecule has 20 nitrogen and oxygen atoms in total. The molecule has 5 aliphatic heterocycles. The Kier molecular flexibility index (Phi) is 21.3. The normalized spacial score (nSPS) is 18.9. The molecule has 4 fully saturated rings. The van der Waals surface area contributed by atoms with Gasteiger partial charge in [-0.05, 0) is 80.6 Å². The van der Waals surface area contributed by atoms with Gasteiger partial charge in [0.1, 0.15) is 42.8 Å². The Labute approximate surface area is 489 Å². The number of ether oxygens (including phenoxy) is 4. The number of likely N-dealkylation sites (N-methyl/N-ethyl adjacent to an activating group) is 1. The van der Waals surface area contributed by atoms with Gasteiger partial charge in [-0.1, -0.05) is 94.2 Å². The lowest BCUT2D eigenvalue weighted by molar-refractivity contribution is -0.125. The van der Waals surface area contributed by atoms with E-state index in [9.17, 15) is 9.59 Å². The first-order valence-electron chi connectivity index (χ1n) is 28.6. The molecule has 0 saturated carbocycles. The maximum atomic E-state index is 15.7. The van der Waals surface area contributed by atoms with E-state index in [1.807, 2.05) is 58.3 Å². The second-order valence-corrected chi connectivity index (χ2v) is 21.2. The summed E-state index contributed by atoms with van der Waals surface area (Å²) in [7, 11) is 3.01. The lowest BCUT2D eigenvalue weighted by Crippen LogP contribution is -2.53. The molecule has 3 aromatic heterocycles. The van der Waals surface area contributed by atoms with E-state index in [1.165, 1.54) is 23.7 Å². The number of H-pyrrole nitrogens is 2. The summed E-state index contributed by atoms with van der Waals surface area (Å²) in [5.74, 6) is 6.94. The number of aromatic amines is 2. The van der Waals surface area contributed by atoms with Crippen molar-refractivity contribution in [3.63, 3.8) is 0 Å². The second kappa shape index (κ2) is 28.7. The number of anilines is 1. The fraction of sp³-hybridized carbons (Fsp3) is 0.443. The number of nitrogens with one attached hydrogen (secondary N) is 4. The molecule has 0 spiro atoms. The summed E-state index contributed by atoms with van der Waals surface area (Å²) in [5.41, 5.74) is 14.8. The summed E-state index contributed by atoms with van der Waals surface area (Å²) < 4.78 is 41.3. The number of halogens is 2. The third-order valence-electron chi connectivity index (χ3n) is 15.2. The van der Waals surface area contributed by atoms with Crippen LogP contribution in [-0.2, 0) is 27.5 Å². The molecule has 4 aromatic carbocycles. The van der Waals surface area contributed by atoms with Crippen molar-refractivity contribution in [2.75, 3.05) is 58.5 Å². The highest BCUT2D eigenvalue weighted by atomic mass is 35.5. The van der Waals surface area contributed by atoms with Crippen LogP contribution in [0.4, 0.5) is 10.2 Å². The van der Waals surface area contributed by atoms with Gasteiger partial charge in [0.25, 0.3) is 0 Å². The van der Waals surface area contributed by atoms with E-state index in [4.69, 9.17) is 57.2 Å². The molecule has 5 aliphatic rings. The monoisotopic (exact) mass is 1160 g/mol. The van der Waals surface area contributed by atoms with Gasteiger partial charge in [0, 0.05) is 79.1 Å². The van der Waals surface area contributed by atoms with E-state index in [-0.39, 0.29) is 60.4 Å². The van der Waals surface area contributed by atoms with Crippen LogP contribution >= 0.6 is 11.6 Å². The molecule has 0 radical (unpaired) electrons. The molecule has 1 amide bonds. The largest absolute Gasteiger partial charge is 0.489 e. The number of hydrogen-bond acceptors (Lipinski definition) is 17. The minimum absolute atomic E-state index is 0.00431. The fourth-order valence-electron chi connectivity index (χ4n) is 11.2. The van der Waals surface area contributed by atoms with Crippen molar-refractivity contribution in [1.82, 2.24) is 50.9 Å². The maximum Gasteiger partial charge on any atom is 0.319 e. The number of aryl methyl sites for hydroxylation is 1. The topological polar surface area (TPSA) is 260 Å². The Morgan fingerprint density at radius 2 is 1.71 bits per heavy atom. The number of carbonyl (C=O) groups is 2. The van der Waals surface area contributed by atoms with Crippen LogP contribution in [0, 0.1) is 19.7 Å². The first-order chi connectivity index (χ1) is 40.3. The Morgan fingerprint density at radius 3 is 2.39 bits per heavy atom. The number of amides is 1. The third-order valence-corrected chi connectivity index (χ3v) is 15.6. The molecular weight excluding hydrogens is 1080 g/mol. The number of aromatic nitrogens is 6. The van der Waals surface area contributed by atoms with Crippen LogP contribution in [0.15, 0.2) is 73.2 Å². The average molecular weight is 1160 g/mol. The van der Waals surface area contributed by atoms with E-state index < -0.39 is 5.82 Å². The average Bonchev–Trinajstić information content (AvgIpc) is 4.21. The molecular formula is C61H79ClFN13O7. The summed E-state index contributed by atoms with van der Waals surface area (Å²) in [6.45, 7) is 16.0. The number of nitrogens with two attached hydrogens (primary N) is 2. The van der Waals surface area contributed by atoms with E-state index >= 15 is 4.39 Å². The Balaban J connectivity index is 0.000000258. The number of benzene rings is 4. The molecule has 2 bridgehead atoms. The molecule has 0 aliphatic carbocycles. The number of hydrazine groups is 1. The highest BCUT2D eigenvalue weighted by molar-refractivity contribution is 6.38. The standard InChI is InChI=1S/C38H39ClFN9O5.C17H22N4O.C3H8.C2H6.CH4O/c1-19-25(40)13-27-24(15-44-47-27)30(19)31-33(39)35-32-34(36(31)52-17-20-2-4-21(5-3-20)26(41)16-48(42)8-9-50)45-38(54-23-6-10-51-11-7-23)46-37(32)49-22-12-28(43-14-22)29(49)18-53-35;1-12-15(11-19-20-12)14-7-5-13(6-8-14)10-18-17(22)16-4-3-9-21(16)2;1-3-2;2*1-2/h2-5,9,13,15-16,22-23,28-29,43H,6-8,10-12,14,17-18,41-42H2,1H3,(H,44,47);5-8,11,16H,3-4,9-10H2,1-2H3,(H,18,22)(H,19,20);3H2,1-2H3;1-2H3;2H,1H3/b26-16-;;;;/t22?,28-,29?;;;;/m0..../s1. The minimum Gasteiger partial charge on any atom is -0.489 e. The fourth-order valence-corrected chi connectivity index (χ4v) is 11.5. The van der Waals surface area contributed by atoms with Gasteiger partial charge in [-0.3, -0.25) is 19.9 Å². The van der Waals surface area contributed by atoms with Crippen molar-refractivity contribution < 1.29 is 38.0 Å². The molecule has 4 saturated heterocycles. The van der Waals surface area contributed by atoms with Crippen LogP contribution in [0.25, 0.3) is 49.8 Å². The molecule has 22 heteroatoms. The number of fused-ring (bicyclic) bond motifs is 7. The molecule has 444 valence electrons. The first kappa shape index (κ1) is 61.7. The molecule has 7 aromatic rings. The van der Waals surface area contributed by atoms with Crippen molar-refractivity contribution in [1.29, 1.82) is 0 Å². The number of aliphatic hydroxyl groups excluding tert-OH is 1. The number of rotatable bonds is 14. The van der Waals surface area contributed by atoms with Gasteiger partial charge < -0.3 is 55.1 Å². The zero-order valence-corrected chi connectivity index (χ0v) is 49.5. The van der Waals surface area contributed by atoms with Gasteiger partial charge >= 0.3 is 6.01 Å². The zero-order valence-electron chi connectivity index (χ0n) is 48.7. The van der Waals surface area contributed by atoms with Crippen LogP contribution in [0.2, 0.25) is 5.02 Å². The number of likely N-dealkylation sites (tertiary alicyclic amines) is 1. The van der Waals surface area contributed by atoms with Gasteiger partial charge in [0.05, 0.1) is 65.9 Å². The Morgan fingerprint density at radius 1 is 1.00 bits per heavy atom. The SMILES string of the molecule is CC.CCC.CO.Cc1[nH]ncc1-c1ccc(CNC(=O)C2CCCN2C)cc1.Cc1c(F)cc2[nH]ncc2c1-c1c(Cl)c2c3c(nc(OC4CCOCC4)nc3c1OCc1ccc(/C(N)=C/N(N)CC=O)cc1)N1C3CN[C@@H](C3)C1CO2. The summed E-state index contributed by atoms with van der Waals surface area (Å²) in [6.07, 6.45) is 11.2. The van der Waals surface area contributed by atoms with Crippen molar-refractivity contribution in [3.8, 4) is 39.8 Å². The van der Waals surface area contributed by atoms with Gasteiger partial charge in [0.15, 0.2) is 11.5 Å². The van der Waals surface area contributed by atoms with Crippen LogP contribution in [-0.4, -0.2) is 141 Å². The highest BCUT2D eigenvalue weighted by Crippen LogP contribution is 2.55. The Hall–Kier alpha value is -7.40. The predicted molar refractivity (Wildman–Crippen MR) is 322 cm³/mol. The number of aldehydes is 1. The molecule has 3 unspecified atom stereocenters. The van der Waals surface area contributed by atoms with Crippen molar-refractivity contribution in [2.24, 2.45) is 11.6 Å².